The first-order valence-electron chi connectivity index (χ1n) is 12.5. The Balaban J connectivity index is 1.50. The predicted octanol–water partition coefficient (Wildman–Crippen LogP) is 4.01. The molecule has 36 heavy (non-hydrogen) atoms. The fourth-order valence-electron chi connectivity index (χ4n) is 5.42. The average molecular weight is 505 g/mol. The van der Waals surface area contributed by atoms with Crippen molar-refractivity contribution in [1.82, 2.24) is 29.2 Å². The summed E-state index contributed by atoms with van der Waals surface area (Å²) in [6.07, 6.45) is 3.67. The highest BCUT2D eigenvalue weighted by molar-refractivity contribution is 7.18. The van der Waals surface area contributed by atoms with Gasteiger partial charge >= 0.3 is 5.69 Å². The third-order valence-corrected chi connectivity index (χ3v) is 8.42. The number of fused-ring (bicyclic) bond motifs is 2. The maximum absolute atomic E-state index is 12.8. The Morgan fingerprint density at radius 2 is 1.97 bits per heavy atom. The number of rotatable bonds is 6. The van der Waals surface area contributed by atoms with E-state index in [1.54, 1.807) is 29.3 Å². The van der Waals surface area contributed by atoms with Crippen LogP contribution in [-0.4, -0.2) is 54.4 Å². The van der Waals surface area contributed by atoms with E-state index in [9.17, 15) is 4.79 Å². The highest BCUT2D eigenvalue weighted by Crippen LogP contribution is 2.34. The minimum absolute atomic E-state index is 0.131. The molecule has 3 aromatic heterocycles. The fourth-order valence-corrected chi connectivity index (χ4v) is 6.29. The van der Waals surface area contributed by atoms with Crippen molar-refractivity contribution in [2.75, 3.05) is 18.0 Å². The smallest absolute Gasteiger partial charge is 0.349 e. The number of nitriles is 1. The zero-order valence-electron chi connectivity index (χ0n) is 21.5. The van der Waals surface area contributed by atoms with Gasteiger partial charge in [0, 0.05) is 38.3 Å². The zero-order chi connectivity index (χ0) is 25.6. The lowest BCUT2D eigenvalue weighted by atomic mass is 9.97. The third kappa shape index (κ3) is 4.16. The molecule has 0 bridgehead atoms. The van der Waals surface area contributed by atoms with Crippen molar-refractivity contribution in [3.63, 3.8) is 0 Å². The number of thiazole rings is 1. The van der Waals surface area contributed by atoms with Gasteiger partial charge in [-0.05, 0) is 44.4 Å². The van der Waals surface area contributed by atoms with Gasteiger partial charge in [0.1, 0.15) is 6.54 Å². The van der Waals surface area contributed by atoms with Crippen molar-refractivity contribution in [3.8, 4) is 6.07 Å². The third-order valence-electron chi connectivity index (χ3n) is 7.49. The quantitative estimate of drug-likeness (QED) is 0.391. The molecule has 10 heteroatoms. The molecular formula is C26H32N8OS. The van der Waals surface area contributed by atoms with Gasteiger partial charge in [-0.1, -0.05) is 19.9 Å². The number of aromatic nitrogens is 5. The van der Waals surface area contributed by atoms with Crippen LogP contribution >= 0.6 is 11.3 Å². The summed E-state index contributed by atoms with van der Waals surface area (Å²) >= 11 is 1.74. The first kappa shape index (κ1) is 24.4. The van der Waals surface area contributed by atoms with Crippen LogP contribution in [0.5, 0.6) is 0 Å². The first-order chi connectivity index (χ1) is 17.3. The van der Waals surface area contributed by atoms with E-state index in [4.69, 9.17) is 5.26 Å². The molecule has 1 aliphatic heterocycles. The van der Waals surface area contributed by atoms with E-state index in [0.717, 1.165) is 36.5 Å². The molecule has 0 radical (unpaired) electrons. The van der Waals surface area contributed by atoms with Gasteiger partial charge in [-0.2, -0.15) is 15.3 Å². The summed E-state index contributed by atoms with van der Waals surface area (Å²) in [5, 5.41) is 14.9. The molecule has 1 saturated heterocycles. The van der Waals surface area contributed by atoms with E-state index in [1.807, 2.05) is 0 Å². The second-order valence-corrected chi connectivity index (χ2v) is 10.8. The van der Waals surface area contributed by atoms with Crippen LogP contribution in [0.15, 0.2) is 29.2 Å². The Labute approximate surface area is 214 Å². The SMILES string of the molecule is CC[C@H]1CN(C(C)c2ccc3nc(C)sc3c2)[C@H](CC)CN1c1nc(=O)n(C)c2cn(CC#N)nc12. The van der Waals surface area contributed by atoms with Gasteiger partial charge in [0.2, 0.25) is 0 Å². The second-order valence-electron chi connectivity index (χ2n) is 9.60. The van der Waals surface area contributed by atoms with Crippen molar-refractivity contribution in [2.24, 2.45) is 7.05 Å². The zero-order valence-corrected chi connectivity index (χ0v) is 22.3. The van der Waals surface area contributed by atoms with Crippen molar-refractivity contribution in [1.29, 1.82) is 5.26 Å². The van der Waals surface area contributed by atoms with Gasteiger partial charge in [-0.15, -0.1) is 11.3 Å². The number of nitrogens with zero attached hydrogens (tertiary/aromatic N) is 8. The molecule has 4 heterocycles. The molecule has 0 amide bonds. The average Bonchev–Trinajstić information content (AvgIpc) is 3.47. The highest BCUT2D eigenvalue weighted by atomic mass is 32.1. The molecule has 1 aliphatic rings. The minimum atomic E-state index is -0.305. The van der Waals surface area contributed by atoms with Gasteiger partial charge in [0.25, 0.3) is 0 Å². The topological polar surface area (TPSA) is 95.9 Å². The van der Waals surface area contributed by atoms with E-state index < -0.39 is 0 Å². The molecule has 188 valence electrons. The lowest BCUT2D eigenvalue weighted by Crippen LogP contribution is -2.59. The molecule has 4 aromatic rings. The van der Waals surface area contributed by atoms with E-state index in [-0.39, 0.29) is 24.3 Å². The normalized spacial score (nSPS) is 19.7. The van der Waals surface area contributed by atoms with E-state index >= 15 is 0 Å². The Morgan fingerprint density at radius 3 is 2.69 bits per heavy atom. The summed E-state index contributed by atoms with van der Waals surface area (Å²) in [5.74, 6) is 0.629. The van der Waals surface area contributed by atoms with E-state index in [0.29, 0.717) is 22.9 Å². The molecule has 9 nitrogen and oxygen atoms in total. The van der Waals surface area contributed by atoms with Crippen LogP contribution in [0, 0.1) is 18.3 Å². The fraction of sp³-hybridized carbons (Fsp3) is 0.500. The number of hydrogen-bond donors (Lipinski definition) is 0. The van der Waals surface area contributed by atoms with Crippen LogP contribution in [0.3, 0.4) is 0 Å². The minimum Gasteiger partial charge on any atom is -0.349 e. The van der Waals surface area contributed by atoms with Crippen LogP contribution in [0.2, 0.25) is 0 Å². The number of benzene rings is 1. The van der Waals surface area contributed by atoms with Crippen LogP contribution in [0.25, 0.3) is 21.3 Å². The summed E-state index contributed by atoms with van der Waals surface area (Å²) < 4.78 is 4.33. The monoisotopic (exact) mass is 504 g/mol. The Bertz CT molecular complexity index is 1510. The van der Waals surface area contributed by atoms with Crippen LogP contribution < -0.4 is 10.6 Å². The van der Waals surface area contributed by atoms with E-state index in [1.165, 1.54) is 14.8 Å². The van der Waals surface area contributed by atoms with Crippen molar-refractivity contribution in [3.05, 3.63) is 45.5 Å². The first-order valence-corrected chi connectivity index (χ1v) is 13.4. The highest BCUT2D eigenvalue weighted by Gasteiger charge is 2.37. The Morgan fingerprint density at radius 1 is 1.19 bits per heavy atom. The molecule has 5 rings (SSSR count). The number of hydrogen-bond acceptors (Lipinski definition) is 8. The van der Waals surface area contributed by atoms with Crippen LogP contribution in [-0.2, 0) is 13.6 Å². The van der Waals surface area contributed by atoms with E-state index in [2.05, 4.69) is 76.8 Å². The lowest BCUT2D eigenvalue weighted by Gasteiger charge is -2.49. The summed E-state index contributed by atoms with van der Waals surface area (Å²) in [5.41, 5.74) is 3.44. The van der Waals surface area contributed by atoms with Crippen molar-refractivity contribution in [2.45, 2.75) is 65.2 Å². The summed E-state index contributed by atoms with van der Waals surface area (Å²) in [7, 11) is 1.70. The number of anilines is 1. The number of aryl methyl sites for hydroxylation is 2. The van der Waals surface area contributed by atoms with Gasteiger partial charge < -0.3 is 4.90 Å². The van der Waals surface area contributed by atoms with Crippen molar-refractivity contribution < 1.29 is 0 Å². The van der Waals surface area contributed by atoms with Gasteiger partial charge in [-0.25, -0.2) is 9.78 Å². The molecule has 1 fully saturated rings. The summed E-state index contributed by atoms with van der Waals surface area (Å²) in [4.78, 5) is 26.8. The summed E-state index contributed by atoms with van der Waals surface area (Å²) in [6, 6.07) is 9.50. The van der Waals surface area contributed by atoms with Gasteiger partial charge in [0.15, 0.2) is 11.3 Å². The molecule has 3 atom stereocenters. The molecule has 0 spiro atoms. The predicted molar refractivity (Wildman–Crippen MR) is 143 cm³/mol. The molecular weight excluding hydrogens is 472 g/mol. The second kappa shape index (κ2) is 9.64. The maximum Gasteiger partial charge on any atom is 0.349 e. The molecule has 1 unspecified atom stereocenters. The maximum atomic E-state index is 12.8. The molecule has 1 aromatic carbocycles. The van der Waals surface area contributed by atoms with Gasteiger partial charge in [-0.3, -0.25) is 14.1 Å². The Hall–Kier alpha value is -3.29. The molecule has 0 saturated carbocycles. The van der Waals surface area contributed by atoms with Gasteiger partial charge in [0.05, 0.1) is 33.0 Å². The standard InChI is InChI=1S/C26H32N8OS/c1-6-19-14-34(25-24-22(31(5)26(35)29-25)15-32(30-24)11-10-27)20(7-2)13-33(19)16(3)18-8-9-21-23(12-18)36-17(4)28-21/h8-9,12,15-16,19-20H,6-7,11,13-14H2,1-5H3/t16?,19-,20+/m1/s1. The van der Waals surface area contributed by atoms with Crippen LogP contribution in [0.4, 0.5) is 5.82 Å². The van der Waals surface area contributed by atoms with Crippen molar-refractivity contribution >= 4 is 38.4 Å². The molecule has 0 aliphatic carbocycles. The summed E-state index contributed by atoms with van der Waals surface area (Å²) in [6.45, 7) is 10.5. The largest absolute Gasteiger partial charge is 0.349 e. The van der Waals surface area contributed by atoms with Crippen LogP contribution in [0.1, 0.15) is 50.2 Å². The molecule has 0 N–H and O–H groups in total. The lowest BCUT2D eigenvalue weighted by molar-refractivity contribution is 0.101. The Kier molecular flexibility index (Phi) is 6.53. The number of piperazine rings is 1.